The molecule has 0 amide bonds. The summed E-state index contributed by atoms with van der Waals surface area (Å²) in [6.45, 7) is 8.23. The average molecular weight is 609 g/mol. The monoisotopic (exact) mass is 609 g/mol. The van der Waals surface area contributed by atoms with Crippen molar-refractivity contribution in [2.45, 2.75) is 45.1 Å². The summed E-state index contributed by atoms with van der Waals surface area (Å²) in [5, 5.41) is 13.4. The molecule has 37 heavy (non-hydrogen) atoms. The van der Waals surface area contributed by atoms with Crippen LogP contribution in [0.3, 0.4) is 0 Å². The number of allylic oxidation sites excluding steroid dienone is 2. The third-order valence-corrected chi connectivity index (χ3v) is 10.2. The topological polar surface area (TPSA) is 64.3 Å². The fourth-order valence-electron chi connectivity index (χ4n) is 4.33. The number of anilines is 1. The van der Waals surface area contributed by atoms with E-state index in [0.29, 0.717) is 5.75 Å². The predicted octanol–water partition coefficient (Wildman–Crippen LogP) is 6.24. The zero-order chi connectivity index (χ0) is 26.4. The summed E-state index contributed by atoms with van der Waals surface area (Å²) in [7, 11) is 3.44. The first-order chi connectivity index (χ1) is 18.0. The van der Waals surface area contributed by atoms with E-state index in [4.69, 9.17) is 14.7 Å². The van der Waals surface area contributed by atoms with Gasteiger partial charge in [-0.3, -0.25) is 0 Å². The van der Waals surface area contributed by atoms with Crippen molar-refractivity contribution in [3.05, 3.63) is 57.1 Å². The molecule has 2 heterocycles. The first-order valence-corrected chi connectivity index (χ1v) is 15.6. The number of rotatable bonds is 12. The Morgan fingerprint density at radius 1 is 1.19 bits per heavy atom. The van der Waals surface area contributed by atoms with E-state index in [1.165, 1.54) is 35.5 Å². The summed E-state index contributed by atoms with van der Waals surface area (Å²) in [6, 6.07) is 10.7. The summed E-state index contributed by atoms with van der Waals surface area (Å²) in [5.41, 5.74) is 4.88. The Morgan fingerprint density at radius 2 is 2.03 bits per heavy atom. The Labute approximate surface area is 232 Å². The molecule has 7 nitrogen and oxygen atoms in total. The van der Waals surface area contributed by atoms with Crippen LogP contribution >= 0.6 is 23.8 Å². The van der Waals surface area contributed by atoms with Gasteiger partial charge in [0.05, 0.1) is 0 Å². The van der Waals surface area contributed by atoms with Crippen LogP contribution in [0.4, 0.5) is 5.69 Å². The van der Waals surface area contributed by atoms with Gasteiger partial charge in [0.15, 0.2) is 0 Å². The van der Waals surface area contributed by atoms with Crippen LogP contribution in [0, 0.1) is 6.92 Å². The second kappa shape index (κ2) is 13.2. The van der Waals surface area contributed by atoms with Gasteiger partial charge in [0, 0.05) is 0 Å². The van der Waals surface area contributed by atoms with Gasteiger partial charge in [0.1, 0.15) is 0 Å². The summed E-state index contributed by atoms with van der Waals surface area (Å²) in [4.78, 5) is 3.61. The number of ether oxygens (including phenoxy) is 2. The number of hydrogen-bond acceptors (Lipinski definition) is 8. The second-order valence-corrected chi connectivity index (χ2v) is 12.5. The van der Waals surface area contributed by atoms with Gasteiger partial charge in [-0.25, -0.2) is 0 Å². The van der Waals surface area contributed by atoms with E-state index in [1.807, 2.05) is 17.8 Å². The molecule has 0 aliphatic carbocycles. The van der Waals surface area contributed by atoms with Gasteiger partial charge in [-0.15, -0.1) is 0 Å². The molecule has 4 rings (SSSR count). The molecule has 2 aromatic carbocycles. The predicted molar refractivity (Wildman–Crippen MR) is 152 cm³/mol. The normalized spacial score (nSPS) is 14.6. The van der Waals surface area contributed by atoms with Crippen molar-refractivity contribution in [1.82, 2.24) is 0 Å². The van der Waals surface area contributed by atoms with Crippen molar-refractivity contribution in [1.29, 1.82) is 0 Å². The Morgan fingerprint density at radius 3 is 2.73 bits per heavy atom. The van der Waals surface area contributed by atoms with Crippen LogP contribution < -0.4 is 18.9 Å². The Kier molecular flexibility index (Phi) is 10.1. The molecule has 0 bridgehead atoms. The number of hydrogen-bond donors (Lipinski definition) is 1. The van der Waals surface area contributed by atoms with E-state index < -0.39 is 0 Å². The van der Waals surface area contributed by atoms with Crippen molar-refractivity contribution in [3.8, 4) is 11.5 Å². The quantitative estimate of drug-likeness (QED) is 0.0648. The van der Waals surface area contributed by atoms with Gasteiger partial charge in [0.2, 0.25) is 0 Å². The molecule has 198 valence electrons. The molecule has 0 spiro atoms. The SMILES string of the molecule is CCC(/C=C1\Sc2ccc(OC)cc2N1CC)=C\c1[se]c2cc(OC)c(C)cc2[n+]1CCCSOOO. The first-order valence-electron chi connectivity index (χ1n) is 12.2. The summed E-state index contributed by atoms with van der Waals surface area (Å²) < 4.78 is 20.7. The molecule has 0 fully saturated rings. The molecule has 0 saturated carbocycles. The Bertz CT molecular complexity index is 1310. The fourth-order valence-corrected chi connectivity index (χ4v) is 8.34. The van der Waals surface area contributed by atoms with Crippen molar-refractivity contribution >= 4 is 59.8 Å². The third kappa shape index (κ3) is 6.39. The van der Waals surface area contributed by atoms with Gasteiger partial charge in [-0.05, 0) is 0 Å². The van der Waals surface area contributed by atoms with E-state index in [0.717, 1.165) is 55.0 Å². The summed E-state index contributed by atoms with van der Waals surface area (Å²) in [6.07, 6.45) is 6.52. The van der Waals surface area contributed by atoms with Gasteiger partial charge in [0.25, 0.3) is 0 Å². The molecule has 1 aromatic heterocycles. The van der Waals surface area contributed by atoms with Crippen LogP contribution in [-0.2, 0) is 15.9 Å². The van der Waals surface area contributed by atoms with Gasteiger partial charge < -0.3 is 0 Å². The van der Waals surface area contributed by atoms with Gasteiger partial charge in [-0.2, -0.15) is 0 Å². The molecule has 1 N–H and O–H groups in total. The van der Waals surface area contributed by atoms with Crippen LogP contribution in [0.1, 0.15) is 36.8 Å². The zero-order valence-corrected chi connectivity index (χ0v) is 25.1. The van der Waals surface area contributed by atoms with Crippen molar-refractivity contribution in [3.63, 3.8) is 0 Å². The molecule has 0 saturated heterocycles. The van der Waals surface area contributed by atoms with Gasteiger partial charge in [-0.1, -0.05) is 0 Å². The van der Waals surface area contributed by atoms with Crippen LogP contribution in [0.25, 0.3) is 15.9 Å². The van der Waals surface area contributed by atoms with E-state index in [9.17, 15) is 0 Å². The Balaban J connectivity index is 1.70. The Hall–Kier alpha value is -1.91. The van der Waals surface area contributed by atoms with Crippen molar-refractivity contribution in [2.24, 2.45) is 0 Å². The maximum absolute atomic E-state index is 8.40. The van der Waals surface area contributed by atoms with E-state index in [-0.39, 0.29) is 14.5 Å². The molecule has 0 atom stereocenters. The standard InChI is InChI=1S/C27H32N2O5S2Se/c1-6-19(14-26-28(7-2)21-16-20(31-4)9-10-24(21)36-26)15-27-29(11-8-12-35-34-33-30)22-13-18(3)23(32-5)17-25(22)37-27/h9-10,13-17H,6-8,11-12H2,1-5H3/p+1. The molecule has 0 radical (unpaired) electrons. The molecule has 10 heteroatoms. The molecule has 1 aliphatic heterocycles. The number of thioether (sulfide) groups is 1. The fraction of sp³-hybridized carbons (Fsp3) is 0.370. The molecular weight excluding hydrogens is 575 g/mol. The van der Waals surface area contributed by atoms with Crippen LogP contribution in [0.5, 0.6) is 11.5 Å². The molecule has 3 aromatic rings. The number of methoxy groups -OCH3 is 2. The number of fused-ring (bicyclic) bond motifs is 2. The second-order valence-electron chi connectivity index (χ2n) is 8.43. The maximum atomic E-state index is 8.40. The number of aromatic nitrogens is 1. The first kappa shape index (κ1) is 28.1. The van der Waals surface area contributed by atoms with E-state index in [2.05, 4.69) is 76.0 Å². The van der Waals surface area contributed by atoms with Gasteiger partial charge >= 0.3 is 234 Å². The summed E-state index contributed by atoms with van der Waals surface area (Å²) in [5.74, 6) is 2.52. The van der Waals surface area contributed by atoms with E-state index in [1.54, 1.807) is 14.2 Å². The number of nitrogens with zero attached hydrogens (tertiary/aromatic N) is 2. The molecular formula is C27H33N2O5S2Se+. The molecule has 0 unspecified atom stereocenters. The minimum absolute atomic E-state index is 0.163. The van der Waals surface area contributed by atoms with Crippen LogP contribution in [-0.4, -0.2) is 46.3 Å². The van der Waals surface area contributed by atoms with Crippen molar-refractivity contribution < 1.29 is 28.7 Å². The number of benzene rings is 2. The van der Waals surface area contributed by atoms with Crippen molar-refractivity contribution in [2.75, 3.05) is 31.4 Å². The average Bonchev–Trinajstić information content (AvgIpc) is 3.43. The van der Waals surface area contributed by atoms with Crippen LogP contribution in [0.2, 0.25) is 0 Å². The zero-order valence-electron chi connectivity index (χ0n) is 21.8. The number of aryl methyl sites for hydroxylation is 2. The molecule has 1 aliphatic rings. The minimum atomic E-state index is 0.163. The summed E-state index contributed by atoms with van der Waals surface area (Å²) >= 11 is 3.08. The van der Waals surface area contributed by atoms with E-state index >= 15 is 0 Å². The third-order valence-electron chi connectivity index (χ3n) is 6.22. The van der Waals surface area contributed by atoms with Crippen LogP contribution in [0.15, 0.2) is 51.9 Å².